The van der Waals surface area contributed by atoms with Crippen molar-refractivity contribution in [3.8, 4) is 0 Å². The SMILES string of the molecule is CNc1ncc(C)c(NCC2CCC(C)C2)n1. The number of aromatic nitrogens is 2. The van der Waals surface area contributed by atoms with Crippen molar-refractivity contribution in [1.29, 1.82) is 0 Å². The zero-order chi connectivity index (χ0) is 12.3. The van der Waals surface area contributed by atoms with E-state index >= 15 is 0 Å². The summed E-state index contributed by atoms with van der Waals surface area (Å²) in [7, 11) is 1.84. The monoisotopic (exact) mass is 234 g/mol. The zero-order valence-corrected chi connectivity index (χ0v) is 11.0. The summed E-state index contributed by atoms with van der Waals surface area (Å²) >= 11 is 0. The number of nitrogens with one attached hydrogen (secondary N) is 2. The molecule has 0 spiro atoms. The second-order valence-electron chi connectivity index (χ2n) is 5.14. The predicted molar refractivity (Wildman–Crippen MR) is 71.3 cm³/mol. The number of nitrogens with zero attached hydrogens (tertiary/aromatic N) is 2. The van der Waals surface area contributed by atoms with Crippen molar-refractivity contribution in [3.63, 3.8) is 0 Å². The molecule has 0 bridgehead atoms. The van der Waals surface area contributed by atoms with E-state index in [0.717, 1.165) is 29.8 Å². The molecule has 1 fully saturated rings. The van der Waals surface area contributed by atoms with E-state index < -0.39 is 0 Å². The minimum absolute atomic E-state index is 0.679. The van der Waals surface area contributed by atoms with Gasteiger partial charge in [0.1, 0.15) is 5.82 Å². The lowest BCUT2D eigenvalue weighted by molar-refractivity contribution is 0.536. The van der Waals surface area contributed by atoms with Crippen LogP contribution in [0.2, 0.25) is 0 Å². The fourth-order valence-electron chi connectivity index (χ4n) is 2.49. The van der Waals surface area contributed by atoms with Crippen LogP contribution in [0.15, 0.2) is 6.20 Å². The van der Waals surface area contributed by atoms with E-state index in [-0.39, 0.29) is 0 Å². The molecule has 1 aromatic rings. The molecule has 94 valence electrons. The summed E-state index contributed by atoms with van der Waals surface area (Å²) in [5, 5.41) is 6.43. The van der Waals surface area contributed by atoms with Gasteiger partial charge in [-0.1, -0.05) is 13.3 Å². The maximum absolute atomic E-state index is 4.44. The Morgan fingerprint density at radius 3 is 2.88 bits per heavy atom. The molecule has 0 radical (unpaired) electrons. The smallest absolute Gasteiger partial charge is 0.224 e. The molecular weight excluding hydrogens is 212 g/mol. The molecule has 2 rings (SSSR count). The highest BCUT2D eigenvalue weighted by Crippen LogP contribution is 2.30. The number of rotatable bonds is 4. The van der Waals surface area contributed by atoms with Gasteiger partial charge in [0.2, 0.25) is 5.95 Å². The van der Waals surface area contributed by atoms with Gasteiger partial charge in [-0.3, -0.25) is 0 Å². The summed E-state index contributed by atoms with van der Waals surface area (Å²) in [5.41, 5.74) is 1.11. The van der Waals surface area contributed by atoms with Crippen molar-refractivity contribution < 1.29 is 0 Å². The zero-order valence-electron chi connectivity index (χ0n) is 11.0. The predicted octanol–water partition coefficient (Wildman–Crippen LogP) is 2.67. The largest absolute Gasteiger partial charge is 0.369 e. The molecule has 0 amide bonds. The molecule has 2 unspecified atom stereocenters. The summed E-state index contributed by atoms with van der Waals surface area (Å²) in [6, 6.07) is 0. The minimum atomic E-state index is 0.679. The van der Waals surface area contributed by atoms with E-state index in [1.807, 2.05) is 20.2 Å². The van der Waals surface area contributed by atoms with E-state index in [0.29, 0.717) is 5.95 Å². The molecular formula is C13H22N4. The first-order valence-corrected chi connectivity index (χ1v) is 6.44. The molecule has 1 aliphatic rings. The highest BCUT2D eigenvalue weighted by molar-refractivity contribution is 5.46. The third-order valence-electron chi connectivity index (χ3n) is 3.56. The Morgan fingerprint density at radius 1 is 1.41 bits per heavy atom. The quantitative estimate of drug-likeness (QED) is 0.841. The Balaban J connectivity index is 1.94. The number of hydrogen-bond donors (Lipinski definition) is 2. The Bertz CT molecular complexity index is 378. The molecule has 1 heterocycles. The lowest BCUT2D eigenvalue weighted by Crippen LogP contribution is -2.14. The van der Waals surface area contributed by atoms with Crippen molar-refractivity contribution in [2.24, 2.45) is 11.8 Å². The van der Waals surface area contributed by atoms with Gasteiger partial charge in [0, 0.05) is 25.4 Å². The van der Waals surface area contributed by atoms with Crippen molar-refractivity contribution in [1.82, 2.24) is 9.97 Å². The summed E-state index contributed by atoms with van der Waals surface area (Å²) in [5.74, 6) is 3.33. The molecule has 1 saturated carbocycles. The third kappa shape index (κ3) is 3.08. The normalized spacial score (nSPS) is 23.7. The van der Waals surface area contributed by atoms with Crippen LogP contribution in [0.1, 0.15) is 31.7 Å². The number of hydrogen-bond acceptors (Lipinski definition) is 4. The standard InChI is InChI=1S/C13H22N4/c1-9-4-5-11(6-9)8-15-12-10(2)7-16-13(14-3)17-12/h7,9,11H,4-6,8H2,1-3H3,(H2,14,15,16,17). The summed E-state index contributed by atoms with van der Waals surface area (Å²) < 4.78 is 0. The molecule has 1 aliphatic carbocycles. The van der Waals surface area contributed by atoms with Crippen LogP contribution < -0.4 is 10.6 Å². The van der Waals surface area contributed by atoms with Gasteiger partial charge in [0.15, 0.2) is 0 Å². The van der Waals surface area contributed by atoms with Gasteiger partial charge >= 0.3 is 0 Å². The van der Waals surface area contributed by atoms with Gasteiger partial charge in [-0.15, -0.1) is 0 Å². The van der Waals surface area contributed by atoms with Crippen LogP contribution in [0.5, 0.6) is 0 Å². The van der Waals surface area contributed by atoms with E-state index in [2.05, 4.69) is 27.5 Å². The molecule has 4 heteroatoms. The maximum atomic E-state index is 4.44. The fourth-order valence-corrected chi connectivity index (χ4v) is 2.49. The first-order chi connectivity index (χ1) is 8.19. The Labute approximate surface area is 103 Å². The van der Waals surface area contributed by atoms with Crippen molar-refractivity contribution in [2.75, 3.05) is 24.2 Å². The van der Waals surface area contributed by atoms with Crippen LogP contribution in [0.25, 0.3) is 0 Å². The minimum Gasteiger partial charge on any atom is -0.369 e. The van der Waals surface area contributed by atoms with Gasteiger partial charge in [-0.25, -0.2) is 4.98 Å². The van der Waals surface area contributed by atoms with Crippen LogP contribution in [-0.4, -0.2) is 23.6 Å². The highest BCUT2D eigenvalue weighted by Gasteiger charge is 2.21. The Hall–Kier alpha value is -1.32. The van der Waals surface area contributed by atoms with Crippen molar-refractivity contribution in [2.45, 2.75) is 33.1 Å². The molecule has 4 nitrogen and oxygen atoms in total. The van der Waals surface area contributed by atoms with Gasteiger partial charge in [0.25, 0.3) is 0 Å². The summed E-state index contributed by atoms with van der Waals surface area (Å²) in [6.07, 6.45) is 5.92. The third-order valence-corrected chi connectivity index (χ3v) is 3.56. The summed E-state index contributed by atoms with van der Waals surface area (Å²) in [6.45, 7) is 5.42. The molecule has 0 aliphatic heterocycles. The average molecular weight is 234 g/mol. The summed E-state index contributed by atoms with van der Waals surface area (Å²) in [4.78, 5) is 8.62. The van der Waals surface area contributed by atoms with Crippen molar-refractivity contribution in [3.05, 3.63) is 11.8 Å². The fraction of sp³-hybridized carbons (Fsp3) is 0.692. The van der Waals surface area contributed by atoms with Crippen LogP contribution in [0.3, 0.4) is 0 Å². The van der Waals surface area contributed by atoms with Crippen LogP contribution in [-0.2, 0) is 0 Å². The molecule has 0 saturated heterocycles. The first kappa shape index (κ1) is 12.1. The van der Waals surface area contributed by atoms with Crippen LogP contribution in [0, 0.1) is 18.8 Å². The van der Waals surface area contributed by atoms with Crippen LogP contribution >= 0.6 is 0 Å². The number of aryl methyl sites for hydroxylation is 1. The first-order valence-electron chi connectivity index (χ1n) is 6.44. The Morgan fingerprint density at radius 2 is 2.24 bits per heavy atom. The van der Waals surface area contributed by atoms with Gasteiger partial charge in [-0.05, 0) is 31.6 Å². The highest BCUT2D eigenvalue weighted by atomic mass is 15.1. The van der Waals surface area contributed by atoms with E-state index in [4.69, 9.17) is 0 Å². The van der Waals surface area contributed by atoms with Gasteiger partial charge < -0.3 is 10.6 Å². The Kier molecular flexibility index (Phi) is 3.82. The van der Waals surface area contributed by atoms with Gasteiger partial charge in [-0.2, -0.15) is 4.98 Å². The molecule has 17 heavy (non-hydrogen) atoms. The molecule has 1 aromatic heterocycles. The van der Waals surface area contributed by atoms with Crippen molar-refractivity contribution >= 4 is 11.8 Å². The molecule has 2 atom stereocenters. The lowest BCUT2D eigenvalue weighted by Gasteiger charge is -2.13. The molecule has 2 N–H and O–H groups in total. The van der Waals surface area contributed by atoms with E-state index in [9.17, 15) is 0 Å². The topological polar surface area (TPSA) is 49.8 Å². The lowest BCUT2D eigenvalue weighted by atomic mass is 10.1. The molecule has 0 aromatic carbocycles. The second-order valence-corrected chi connectivity index (χ2v) is 5.14. The maximum Gasteiger partial charge on any atom is 0.224 e. The average Bonchev–Trinajstić information content (AvgIpc) is 2.74. The second kappa shape index (κ2) is 5.34. The van der Waals surface area contributed by atoms with E-state index in [1.165, 1.54) is 19.3 Å². The van der Waals surface area contributed by atoms with Gasteiger partial charge in [0.05, 0.1) is 0 Å². The van der Waals surface area contributed by atoms with Crippen LogP contribution in [0.4, 0.5) is 11.8 Å². The van der Waals surface area contributed by atoms with E-state index in [1.54, 1.807) is 0 Å². The number of anilines is 2.